The van der Waals surface area contributed by atoms with E-state index in [1.54, 1.807) is 0 Å². The highest BCUT2D eigenvalue weighted by Gasteiger charge is 2.33. The smallest absolute Gasteiger partial charge is 0.243 e. The third-order valence-corrected chi connectivity index (χ3v) is 12.5. The maximum atomic E-state index is 13.1. The Labute approximate surface area is 370 Å². The van der Waals surface area contributed by atoms with Crippen molar-refractivity contribution in [1.82, 2.24) is 20.4 Å². The van der Waals surface area contributed by atoms with Crippen molar-refractivity contribution in [2.45, 2.75) is 245 Å². The molecule has 2 amide bonds. The molecule has 0 saturated carbocycles. The van der Waals surface area contributed by atoms with Crippen LogP contribution in [0.5, 0.6) is 0 Å². The summed E-state index contributed by atoms with van der Waals surface area (Å²) in [5, 5.41) is 48.1. The molecule has 1 heterocycles. The monoisotopic (exact) mass is 853 g/mol. The summed E-state index contributed by atoms with van der Waals surface area (Å²) in [4.78, 5) is 30.4. The molecule has 1 aliphatic rings. The van der Waals surface area contributed by atoms with Crippen LogP contribution in [0.15, 0.2) is 0 Å². The van der Waals surface area contributed by atoms with Gasteiger partial charge in [0.15, 0.2) is 0 Å². The van der Waals surface area contributed by atoms with Crippen molar-refractivity contribution in [2.75, 3.05) is 45.9 Å². The first-order chi connectivity index (χ1) is 28.8. The summed E-state index contributed by atoms with van der Waals surface area (Å²) in [6.45, 7) is 17.4. The standard InChI is InChI=1S/C50H100N4O6/c1-41(2)26-16-10-7-13-19-29-44(56)38-53(36-37-55)34-24-22-32-47-49(59)52-48(50(60)51-47)33-23-25-35-54(39-45(57)30-20-14-8-11-17-27-42(3)4)40-46(58)31-21-15-9-12-18-28-43(5)6/h41-48,55-58H,7-40H2,1-6H3,(H,51,60)(H,52,59). The fourth-order valence-electron chi connectivity index (χ4n) is 8.70. The summed E-state index contributed by atoms with van der Waals surface area (Å²) in [6.07, 6.45) is 27.1. The zero-order valence-electron chi connectivity index (χ0n) is 40.2. The van der Waals surface area contributed by atoms with E-state index in [2.05, 4.69) is 62.0 Å². The lowest BCUT2D eigenvalue weighted by Gasteiger charge is -2.30. The average Bonchev–Trinajstić information content (AvgIpc) is 3.18. The molecule has 10 heteroatoms. The fraction of sp³-hybridized carbons (Fsp3) is 0.960. The van der Waals surface area contributed by atoms with Crippen molar-refractivity contribution in [3.63, 3.8) is 0 Å². The van der Waals surface area contributed by atoms with Gasteiger partial charge in [0.2, 0.25) is 11.8 Å². The maximum absolute atomic E-state index is 13.1. The fourth-order valence-corrected chi connectivity index (χ4v) is 8.70. The second kappa shape index (κ2) is 37.1. The summed E-state index contributed by atoms with van der Waals surface area (Å²) < 4.78 is 0. The Hall–Kier alpha value is -1.30. The van der Waals surface area contributed by atoms with E-state index in [-0.39, 0.29) is 18.4 Å². The van der Waals surface area contributed by atoms with Crippen LogP contribution in [0.25, 0.3) is 0 Å². The van der Waals surface area contributed by atoms with E-state index in [9.17, 15) is 30.0 Å². The Balaban J connectivity index is 2.45. The number of aliphatic hydroxyl groups is 4. The molecule has 0 radical (unpaired) electrons. The first-order valence-corrected chi connectivity index (χ1v) is 25.5. The molecule has 0 aromatic rings. The molecule has 0 aliphatic carbocycles. The molecule has 1 aliphatic heterocycles. The van der Waals surface area contributed by atoms with E-state index in [4.69, 9.17) is 0 Å². The van der Waals surface area contributed by atoms with E-state index in [0.717, 1.165) is 114 Å². The molecule has 5 atom stereocenters. The summed E-state index contributed by atoms with van der Waals surface area (Å²) in [5.74, 6) is 2.04. The lowest BCUT2D eigenvalue weighted by Crippen LogP contribution is -2.61. The highest BCUT2D eigenvalue weighted by molar-refractivity contribution is 5.96. The third kappa shape index (κ3) is 32.4. The van der Waals surface area contributed by atoms with Gasteiger partial charge in [-0.05, 0) is 88.6 Å². The minimum atomic E-state index is -0.541. The van der Waals surface area contributed by atoms with Crippen molar-refractivity contribution in [3.8, 4) is 0 Å². The molecule has 0 aromatic heterocycles. The van der Waals surface area contributed by atoms with Crippen LogP contribution < -0.4 is 10.6 Å². The van der Waals surface area contributed by atoms with Crippen LogP contribution in [-0.2, 0) is 9.59 Å². The van der Waals surface area contributed by atoms with Gasteiger partial charge < -0.3 is 31.1 Å². The quantitative estimate of drug-likeness (QED) is 0.0334. The number of carbonyl (C=O) groups is 2. The molecule has 356 valence electrons. The Morgan fingerprint density at radius 3 is 1.05 bits per heavy atom. The number of aliphatic hydroxyl groups excluding tert-OH is 4. The SMILES string of the molecule is CC(C)CCCCCCCC(O)CN(CCO)CCCCC1NC(=O)C(CCCCN(CC(O)CCCCCCCC(C)C)CC(O)CCCCCCCC(C)C)NC1=O. The van der Waals surface area contributed by atoms with Gasteiger partial charge >= 0.3 is 0 Å². The van der Waals surface area contributed by atoms with Gasteiger partial charge in [0.1, 0.15) is 12.1 Å². The number of piperazine rings is 1. The highest BCUT2D eigenvalue weighted by atomic mass is 16.3. The normalized spacial score (nSPS) is 17.6. The number of nitrogens with one attached hydrogen (secondary N) is 2. The Bertz CT molecular complexity index is 985. The lowest BCUT2D eigenvalue weighted by molar-refractivity contribution is -0.137. The molecule has 1 saturated heterocycles. The lowest BCUT2D eigenvalue weighted by atomic mass is 10.0. The second-order valence-electron chi connectivity index (χ2n) is 20.1. The van der Waals surface area contributed by atoms with E-state index >= 15 is 0 Å². The van der Waals surface area contributed by atoms with Gasteiger partial charge in [-0.15, -0.1) is 0 Å². The highest BCUT2D eigenvalue weighted by Crippen LogP contribution is 2.17. The van der Waals surface area contributed by atoms with Crippen molar-refractivity contribution in [2.24, 2.45) is 17.8 Å². The number of carbonyl (C=O) groups excluding carboxylic acids is 2. The van der Waals surface area contributed by atoms with Crippen LogP contribution in [-0.4, -0.2) is 118 Å². The number of nitrogens with zero attached hydrogens (tertiary/aromatic N) is 2. The van der Waals surface area contributed by atoms with Gasteiger partial charge in [0.05, 0.1) is 24.9 Å². The molecule has 60 heavy (non-hydrogen) atoms. The molecule has 1 rings (SSSR count). The van der Waals surface area contributed by atoms with Crippen LogP contribution in [0.1, 0.15) is 215 Å². The number of amides is 2. The summed E-state index contributed by atoms with van der Waals surface area (Å²) in [7, 11) is 0. The van der Waals surface area contributed by atoms with Crippen molar-refractivity contribution < 1.29 is 30.0 Å². The average molecular weight is 853 g/mol. The van der Waals surface area contributed by atoms with Crippen LogP contribution in [0.3, 0.4) is 0 Å². The predicted molar refractivity (Wildman–Crippen MR) is 251 cm³/mol. The van der Waals surface area contributed by atoms with Gasteiger partial charge in [0.25, 0.3) is 0 Å². The zero-order valence-corrected chi connectivity index (χ0v) is 40.2. The zero-order chi connectivity index (χ0) is 44.4. The molecule has 5 unspecified atom stereocenters. The van der Waals surface area contributed by atoms with E-state index in [1.165, 1.54) is 77.0 Å². The van der Waals surface area contributed by atoms with E-state index in [1.807, 2.05) is 0 Å². The number of unbranched alkanes of at least 4 members (excludes halogenated alkanes) is 14. The second-order valence-corrected chi connectivity index (χ2v) is 20.1. The Kier molecular flexibility index (Phi) is 35.1. The Morgan fingerprint density at radius 1 is 0.417 bits per heavy atom. The minimum absolute atomic E-state index is 0.0463. The Morgan fingerprint density at radius 2 is 0.717 bits per heavy atom. The molecule has 10 nitrogen and oxygen atoms in total. The number of hydrogen-bond acceptors (Lipinski definition) is 8. The van der Waals surface area contributed by atoms with Gasteiger partial charge in [-0.1, -0.05) is 157 Å². The molecular weight excluding hydrogens is 753 g/mol. The predicted octanol–water partition coefficient (Wildman–Crippen LogP) is 9.15. The van der Waals surface area contributed by atoms with Gasteiger partial charge in [-0.2, -0.15) is 0 Å². The first-order valence-electron chi connectivity index (χ1n) is 25.5. The van der Waals surface area contributed by atoms with Crippen LogP contribution in [0, 0.1) is 17.8 Å². The van der Waals surface area contributed by atoms with Crippen LogP contribution in [0.2, 0.25) is 0 Å². The largest absolute Gasteiger partial charge is 0.395 e. The van der Waals surface area contributed by atoms with E-state index < -0.39 is 30.4 Å². The van der Waals surface area contributed by atoms with Gasteiger partial charge in [-0.25, -0.2) is 0 Å². The van der Waals surface area contributed by atoms with E-state index in [0.29, 0.717) is 39.0 Å². The van der Waals surface area contributed by atoms with Crippen molar-refractivity contribution >= 4 is 11.8 Å². The van der Waals surface area contributed by atoms with Crippen LogP contribution >= 0.6 is 0 Å². The van der Waals surface area contributed by atoms with Crippen LogP contribution in [0.4, 0.5) is 0 Å². The molecule has 0 bridgehead atoms. The van der Waals surface area contributed by atoms with Gasteiger partial charge in [0, 0.05) is 26.2 Å². The third-order valence-electron chi connectivity index (χ3n) is 12.5. The van der Waals surface area contributed by atoms with Crippen molar-refractivity contribution in [1.29, 1.82) is 0 Å². The van der Waals surface area contributed by atoms with Crippen molar-refractivity contribution in [3.05, 3.63) is 0 Å². The van der Waals surface area contributed by atoms with Gasteiger partial charge in [-0.3, -0.25) is 19.4 Å². The molecular formula is C50H100N4O6. The maximum Gasteiger partial charge on any atom is 0.243 e. The summed E-state index contributed by atoms with van der Waals surface area (Å²) in [6, 6.07) is -1.08. The minimum Gasteiger partial charge on any atom is -0.395 e. The number of hydrogen-bond donors (Lipinski definition) is 6. The molecule has 0 spiro atoms. The summed E-state index contributed by atoms with van der Waals surface area (Å²) >= 11 is 0. The molecule has 1 fully saturated rings. The first kappa shape index (κ1) is 56.7. The topological polar surface area (TPSA) is 146 Å². The summed E-state index contributed by atoms with van der Waals surface area (Å²) in [5.41, 5.74) is 0. The number of rotatable bonds is 42. The molecule has 0 aromatic carbocycles. The molecule has 6 N–H and O–H groups in total.